The molecule has 0 radical (unpaired) electrons. The SMILES string of the molecule is COc1ccc(/C=C/C(=N/S(=O)(=O)c2ccc(C)cc2)c2ccc(Cl)cc2)cc1. The van der Waals surface area contributed by atoms with E-state index in [0.29, 0.717) is 16.3 Å². The van der Waals surface area contributed by atoms with Gasteiger partial charge in [0.1, 0.15) is 5.75 Å². The molecule has 0 amide bonds. The first-order valence-electron chi connectivity index (χ1n) is 8.87. The molecule has 0 heterocycles. The van der Waals surface area contributed by atoms with Crippen molar-refractivity contribution < 1.29 is 13.2 Å². The highest BCUT2D eigenvalue weighted by Crippen LogP contribution is 2.18. The van der Waals surface area contributed by atoms with E-state index in [1.165, 1.54) is 0 Å². The topological polar surface area (TPSA) is 55.7 Å². The van der Waals surface area contributed by atoms with Crippen molar-refractivity contribution in [2.75, 3.05) is 7.11 Å². The molecule has 0 unspecified atom stereocenters. The largest absolute Gasteiger partial charge is 0.497 e. The number of nitrogens with zero attached hydrogens (tertiary/aromatic N) is 1. The van der Waals surface area contributed by atoms with Crippen LogP contribution in [0.3, 0.4) is 0 Å². The molecule has 148 valence electrons. The van der Waals surface area contributed by atoms with Gasteiger partial charge < -0.3 is 4.74 Å². The summed E-state index contributed by atoms with van der Waals surface area (Å²) < 4.78 is 34.9. The molecule has 0 atom stereocenters. The summed E-state index contributed by atoms with van der Waals surface area (Å²) in [6.45, 7) is 1.90. The Balaban J connectivity index is 2.02. The quantitative estimate of drug-likeness (QED) is 0.486. The van der Waals surface area contributed by atoms with E-state index in [1.54, 1.807) is 67.8 Å². The summed E-state index contributed by atoms with van der Waals surface area (Å²) in [5.74, 6) is 0.746. The minimum atomic E-state index is -3.87. The number of hydrogen-bond donors (Lipinski definition) is 0. The van der Waals surface area contributed by atoms with Gasteiger partial charge >= 0.3 is 0 Å². The summed E-state index contributed by atoms with van der Waals surface area (Å²) in [6, 6.07) is 20.9. The molecule has 0 N–H and O–H groups in total. The number of rotatable bonds is 6. The second-order valence-electron chi connectivity index (χ2n) is 6.38. The van der Waals surface area contributed by atoms with Crippen LogP contribution in [0, 0.1) is 6.92 Å². The van der Waals surface area contributed by atoms with E-state index < -0.39 is 10.0 Å². The summed E-state index contributed by atoms with van der Waals surface area (Å²) in [5.41, 5.74) is 2.83. The number of aryl methyl sites for hydroxylation is 1. The van der Waals surface area contributed by atoms with E-state index in [2.05, 4.69) is 4.40 Å². The molecule has 0 aliphatic rings. The summed E-state index contributed by atoms with van der Waals surface area (Å²) in [5, 5.41) is 0.564. The van der Waals surface area contributed by atoms with Crippen LogP contribution in [0.5, 0.6) is 5.75 Å². The Morgan fingerprint density at radius 1 is 0.931 bits per heavy atom. The molecule has 4 nitrogen and oxygen atoms in total. The fourth-order valence-corrected chi connectivity index (χ4v) is 3.72. The van der Waals surface area contributed by atoms with Crippen molar-refractivity contribution in [2.45, 2.75) is 11.8 Å². The van der Waals surface area contributed by atoms with Crippen LogP contribution in [0.4, 0.5) is 0 Å². The zero-order chi connectivity index (χ0) is 20.9. The highest BCUT2D eigenvalue weighted by molar-refractivity contribution is 7.90. The lowest BCUT2D eigenvalue weighted by Crippen LogP contribution is -2.04. The van der Waals surface area contributed by atoms with Crippen LogP contribution in [0.25, 0.3) is 6.08 Å². The molecule has 3 aromatic rings. The van der Waals surface area contributed by atoms with Gasteiger partial charge in [-0.05, 0) is 55.0 Å². The average molecular weight is 426 g/mol. The molecule has 0 saturated carbocycles. The average Bonchev–Trinajstić information content (AvgIpc) is 2.72. The number of ether oxygens (including phenoxy) is 1. The molecule has 6 heteroatoms. The van der Waals surface area contributed by atoms with E-state index in [4.69, 9.17) is 16.3 Å². The van der Waals surface area contributed by atoms with E-state index in [-0.39, 0.29) is 4.90 Å². The van der Waals surface area contributed by atoms with Gasteiger partial charge in [-0.2, -0.15) is 12.8 Å². The van der Waals surface area contributed by atoms with E-state index in [0.717, 1.165) is 16.9 Å². The van der Waals surface area contributed by atoms with Crippen molar-refractivity contribution in [1.29, 1.82) is 0 Å². The van der Waals surface area contributed by atoms with E-state index in [1.807, 2.05) is 31.2 Å². The number of methoxy groups -OCH3 is 1. The number of benzene rings is 3. The van der Waals surface area contributed by atoms with Gasteiger partial charge in [-0.25, -0.2) is 0 Å². The maximum atomic E-state index is 12.8. The second-order valence-corrected chi connectivity index (χ2v) is 8.42. The first-order chi connectivity index (χ1) is 13.9. The Morgan fingerprint density at radius 3 is 2.14 bits per heavy atom. The molecule has 0 fully saturated rings. The Kier molecular flexibility index (Phi) is 6.52. The first-order valence-corrected chi connectivity index (χ1v) is 10.7. The third kappa shape index (κ3) is 5.56. The Morgan fingerprint density at radius 2 is 1.55 bits per heavy atom. The van der Waals surface area contributed by atoms with Crippen LogP contribution in [0.2, 0.25) is 5.02 Å². The summed E-state index contributed by atoms with van der Waals surface area (Å²) in [4.78, 5) is 0.146. The number of hydrogen-bond acceptors (Lipinski definition) is 3. The standard InChI is InChI=1S/C23H20ClNO3S/c1-17-3-14-22(15-4-17)29(26,27)25-23(19-8-10-20(24)11-9-19)16-7-18-5-12-21(28-2)13-6-18/h3-16H,1-2H3/b16-7+,25-23-. The van der Waals surface area contributed by atoms with E-state index in [9.17, 15) is 8.42 Å². The van der Waals surface area contributed by atoms with Crippen molar-refractivity contribution in [2.24, 2.45) is 4.40 Å². The van der Waals surface area contributed by atoms with Gasteiger partial charge in [0.15, 0.2) is 0 Å². The van der Waals surface area contributed by atoms with Crippen LogP contribution in [0.1, 0.15) is 16.7 Å². The number of allylic oxidation sites excluding steroid dienone is 1. The molecule has 0 aliphatic heterocycles. The van der Waals surface area contributed by atoms with Gasteiger partial charge in [0.2, 0.25) is 0 Å². The van der Waals surface area contributed by atoms with Gasteiger partial charge in [-0.1, -0.05) is 59.6 Å². The summed E-state index contributed by atoms with van der Waals surface area (Å²) in [6.07, 6.45) is 3.48. The van der Waals surface area contributed by atoms with Crippen molar-refractivity contribution in [1.82, 2.24) is 0 Å². The molecule has 0 aliphatic carbocycles. The van der Waals surface area contributed by atoms with Gasteiger partial charge in [0, 0.05) is 10.6 Å². The third-order valence-corrected chi connectivity index (χ3v) is 5.78. The van der Waals surface area contributed by atoms with Crippen LogP contribution in [-0.4, -0.2) is 21.2 Å². The minimum Gasteiger partial charge on any atom is -0.497 e. The normalized spacial score (nSPS) is 12.3. The van der Waals surface area contributed by atoms with E-state index >= 15 is 0 Å². The fraction of sp³-hybridized carbons (Fsp3) is 0.0870. The Hall–Kier alpha value is -2.89. The van der Waals surface area contributed by atoms with Gasteiger partial charge in [0.25, 0.3) is 10.0 Å². The lowest BCUT2D eigenvalue weighted by Gasteiger charge is -2.05. The Bertz CT molecular complexity index is 1130. The predicted octanol–water partition coefficient (Wildman–Crippen LogP) is 5.55. The summed E-state index contributed by atoms with van der Waals surface area (Å²) in [7, 11) is -2.26. The van der Waals surface area contributed by atoms with Crippen LogP contribution in [0.15, 0.2) is 88.2 Å². The maximum Gasteiger partial charge on any atom is 0.282 e. The molecule has 0 aromatic heterocycles. The highest BCUT2D eigenvalue weighted by atomic mass is 35.5. The first kappa shape index (κ1) is 20.8. The zero-order valence-electron chi connectivity index (χ0n) is 16.0. The molecular formula is C23H20ClNO3S. The predicted molar refractivity (Wildman–Crippen MR) is 118 cm³/mol. The van der Waals surface area contributed by atoms with Gasteiger partial charge in [0.05, 0.1) is 17.7 Å². The van der Waals surface area contributed by atoms with Crippen molar-refractivity contribution in [3.8, 4) is 5.75 Å². The molecule has 3 rings (SSSR count). The maximum absolute atomic E-state index is 12.8. The number of halogens is 1. The molecule has 0 saturated heterocycles. The van der Waals surface area contributed by atoms with Crippen LogP contribution >= 0.6 is 11.6 Å². The van der Waals surface area contributed by atoms with Crippen molar-refractivity contribution in [3.63, 3.8) is 0 Å². The van der Waals surface area contributed by atoms with Crippen LogP contribution in [-0.2, 0) is 10.0 Å². The smallest absolute Gasteiger partial charge is 0.282 e. The Labute approximate surface area is 176 Å². The second kappa shape index (κ2) is 9.07. The minimum absolute atomic E-state index is 0.146. The fourth-order valence-electron chi connectivity index (χ4n) is 2.58. The lowest BCUT2D eigenvalue weighted by atomic mass is 10.1. The molecule has 0 spiro atoms. The van der Waals surface area contributed by atoms with Crippen molar-refractivity contribution in [3.05, 3.63) is 101 Å². The molecule has 3 aromatic carbocycles. The molecule has 29 heavy (non-hydrogen) atoms. The van der Waals surface area contributed by atoms with Gasteiger partial charge in [-0.3, -0.25) is 0 Å². The summed E-state index contributed by atoms with van der Waals surface area (Å²) >= 11 is 5.97. The highest BCUT2D eigenvalue weighted by Gasteiger charge is 2.14. The third-order valence-electron chi connectivity index (χ3n) is 4.23. The monoisotopic (exact) mass is 425 g/mol. The zero-order valence-corrected chi connectivity index (χ0v) is 17.6. The number of sulfonamides is 1. The molecule has 0 bridgehead atoms. The van der Waals surface area contributed by atoms with Crippen molar-refractivity contribution >= 4 is 33.4 Å². The van der Waals surface area contributed by atoms with Gasteiger partial charge in [-0.15, -0.1) is 0 Å². The molecular weight excluding hydrogens is 406 g/mol. The van der Waals surface area contributed by atoms with Crippen LogP contribution < -0.4 is 4.74 Å². The lowest BCUT2D eigenvalue weighted by molar-refractivity contribution is 0.415.